The zero-order chi connectivity index (χ0) is 4.74. The fourth-order valence-corrected chi connectivity index (χ4v) is 1.32. The quantitative estimate of drug-likeness (QED) is 0.524. The molecule has 51 valence electrons. The first kappa shape index (κ1) is 9.54. The maximum atomic E-state index is 3.28. The zero-order valence-electron chi connectivity index (χ0n) is 5.85. The SMILES string of the molecule is [CH-]1CC2(C1)CNC2.[CH3-].[V+2]. The summed E-state index contributed by atoms with van der Waals surface area (Å²) in [4.78, 5) is 0. The summed E-state index contributed by atoms with van der Waals surface area (Å²) in [5, 5.41) is 3.28. The van der Waals surface area contributed by atoms with E-state index in [-0.39, 0.29) is 26.0 Å². The third-order valence-electron chi connectivity index (χ3n) is 2.15. The zero-order valence-corrected chi connectivity index (χ0v) is 7.25. The molecule has 0 aromatic rings. The molecular formula is C7H13NV. The average molecular weight is 162 g/mol. The fraction of sp³-hybridized carbons (Fsp3) is 0.714. The molecule has 1 aliphatic heterocycles. The second kappa shape index (κ2) is 3.09. The summed E-state index contributed by atoms with van der Waals surface area (Å²) >= 11 is 0. The van der Waals surface area contributed by atoms with Crippen LogP contribution in [0.2, 0.25) is 0 Å². The van der Waals surface area contributed by atoms with Crippen molar-refractivity contribution in [1.82, 2.24) is 5.32 Å². The molecular weight excluding hydrogens is 149 g/mol. The molecule has 1 spiro atoms. The minimum atomic E-state index is 0. The van der Waals surface area contributed by atoms with Crippen LogP contribution in [0.3, 0.4) is 0 Å². The van der Waals surface area contributed by atoms with Crippen LogP contribution in [0, 0.1) is 19.3 Å². The monoisotopic (exact) mass is 162 g/mol. The van der Waals surface area contributed by atoms with Gasteiger partial charge in [-0.25, -0.2) is 0 Å². The Hall–Kier alpha value is 0.544. The molecule has 2 fully saturated rings. The van der Waals surface area contributed by atoms with Gasteiger partial charge >= 0.3 is 18.6 Å². The largest absolute Gasteiger partial charge is 2.00 e. The van der Waals surface area contributed by atoms with Crippen molar-refractivity contribution < 1.29 is 18.6 Å². The van der Waals surface area contributed by atoms with Crippen LogP contribution in [0.1, 0.15) is 12.8 Å². The van der Waals surface area contributed by atoms with E-state index in [4.69, 9.17) is 0 Å². The van der Waals surface area contributed by atoms with Gasteiger partial charge in [-0.2, -0.15) is 12.8 Å². The first-order chi connectivity index (χ1) is 3.41. The van der Waals surface area contributed by atoms with Crippen LogP contribution in [0.15, 0.2) is 0 Å². The van der Waals surface area contributed by atoms with E-state index in [1.165, 1.54) is 25.9 Å². The Balaban J connectivity index is 0.000000320. The van der Waals surface area contributed by atoms with Gasteiger partial charge in [0.25, 0.3) is 0 Å². The molecule has 2 rings (SSSR count). The maximum Gasteiger partial charge on any atom is 2.00 e. The summed E-state index contributed by atoms with van der Waals surface area (Å²) in [6.07, 6.45) is 5.13. The van der Waals surface area contributed by atoms with Gasteiger partial charge in [0, 0.05) is 0 Å². The number of rotatable bonds is 0. The topological polar surface area (TPSA) is 12.0 Å². The number of hydrogen-bond donors (Lipinski definition) is 1. The molecule has 1 saturated heterocycles. The third-order valence-corrected chi connectivity index (χ3v) is 2.15. The van der Waals surface area contributed by atoms with Gasteiger partial charge in [0.15, 0.2) is 0 Å². The van der Waals surface area contributed by atoms with Crippen molar-refractivity contribution in [3.63, 3.8) is 0 Å². The summed E-state index contributed by atoms with van der Waals surface area (Å²) in [5.74, 6) is 0. The maximum absolute atomic E-state index is 3.28. The predicted octanol–water partition coefficient (Wildman–Crippen LogP) is 1.02. The van der Waals surface area contributed by atoms with Gasteiger partial charge in [-0.1, -0.05) is 5.41 Å². The van der Waals surface area contributed by atoms with E-state index in [0.717, 1.165) is 5.41 Å². The molecule has 0 aromatic heterocycles. The Bertz CT molecular complexity index is 69.4. The van der Waals surface area contributed by atoms with Gasteiger partial charge in [-0.3, -0.25) is 0 Å². The Kier molecular flexibility index (Phi) is 3.28. The molecule has 1 aliphatic carbocycles. The average Bonchev–Trinajstić information content (AvgIpc) is 1.20. The smallest absolute Gasteiger partial charge is 0.358 e. The van der Waals surface area contributed by atoms with Crippen LogP contribution in [0.4, 0.5) is 0 Å². The van der Waals surface area contributed by atoms with Gasteiger partial charge in [-0.05, 0) is 13.1 Å². The summed E-state index contributed by atoms with van der Waals surface area (Å²) < 4.78 is 0. The van der Waals surface area contributed by atoms with E-state index in [1.807, 2.05) is 0 Å². The second-order valence-electron chi connectivity index (χ2n) is 2.80. The van der Waals surface area contributed by atoms with Crippen molar-refractivity contribution >= 4 is 0 Å². The molecule has 1 radical (unpaired) electrons. The minimum Gasteiger partial charge on any atom is -0.358 e. The summed E-state index contributed by atoms with van der Waals surface area (Å²) in [5.41, 5.74) is 0.778. The van der Waals surface area contributed by atoms with Gasteiger partial charge < -0.3 is 19.2 Å². The second-order valence-corrected chi connectivity index (χ2v) is 2.80. The molecule has 1 heterocycles. The first-order valence-electron chi connectivity index (χ1n) is 2.94. The van der Waals surface area contributed by atoms with Gasteiger partial charge in [0.05, 0.1) is 0 Å². The van der Waals surface area contributed by atoms with E-state index in [0.29, 0.717) is 0 Å². The molecule has 0 amide bonds. The van der Waals surface area contributed by atoms with Crippen molar-refractivity contribution in [1.29, 1.82) is 0 Å². The van der Waals surface area contributed by atoms with Crippen molar-refractivity contribution in [2.45, 2.75) is 12.8 Å². The molecule has 2 aliphatic rings. The normalized spacial score (nSPS) is 26.7. The van der Waals surface area contributed by atoms with Crippen LogP contribution < -0.4 is 5.32 Å². The van der Waals surface area contributed by atoms with Gasteiger partial charge in [-0.15, -0.1) is 0 Å². The van der Waals surface area contributed by atoms with E-state index in [9.17, 15) is 0 Å². The molecule has 1 saturated carbocycles. The predicted molar refractivity (Wildman–Crippen MR) is 35.3 cm³/mol. The third kappa shape index (κ3) is 1.34. The van der Waals surface area contributed by atoms with E-state index < -0.39 is 0 Å². The summed E-state index contributed by atoms with van der Waals surface area (Å²) in [7, 11) is 0. The van der Waals surface area contributed by atoms with Crippen molar-refractivity contribution in [3.8, 4) is 0 Å². The van der Waals surface area contributed by atoms with E-state index in [1.54, 1.807) is 0 Å². The van der Waals surface area contributed by atoms with Crippen molar-refractivity contribution in [2.24, 2.45) is 5.41 Å². The molecule has 0 atom stereocenters. The van der Waals surface area contributed by atoms with Crippen molar-refractivity contribution in [2.75, 3.05) is 13.1 Å². The molecule has 1 N–H and O–H groups in total. The van der Waals surface area contributed by atoms with Gasteiger partial charge in [0.2, 0.25) is 0 Å². The molecule has 9 heavy (non-hydrogen) atoms. The van der Waals surface area contributed by atoms with E-state index >= 15 is 0 Å². The van der Waals surface area contributed by atoms with Crippen LogP contribution in [0.5, 0.6) is 0 Å². The van der Waals surface area contributed by atoms with Crippen LogP contribution in [-0.4, -0.2) is 13.1 Å². The molecule has 0 bridgehead atoms. The summed E-state index contributed by atoms with van der Waals surface area (Å²) in [6, 6.07) is 0. The molecule has 0 unspecified atom stereocenters. The van der Waals surface area contributed by atoms with Crippen LogP contribution in [-0.2, 0) is 18.6 Å². The van der Waals surface area contributed by atoms with Crippen LogP contribution >= 0.6 is 0 Å². The molecule has 2 heteroatoms. The Morgan fingerprint density at radius 2 is 1.78 bits per heavy atom. The van der Waals surface area contributed by atoms with Gasteiger partial charge in [0.1, 0.15) is 0 Å². The summed E-state index contributed by atoms with van der Waals surface area (Å²) in [6.45, 7) is 2.56. The molecule has 0 aromatic carbocycles. The van der Waals surface area contributed by atoms with Crippen molar-refractivity contribution in [3.05, 3.63) is 13.8 Å². The minimum absolute atomic E-state index is 0. The number of nitrogens with one attached hydrogen (secondary N) is 1. The molecule has 1 nitrogen and oxygen atoms in total. The van der Waals surface area contributed by atoms with E-state index in [2.05, 4.69) is 11.7 Å². The van der Waals surface area contributed by atoms with Crippen LogP contribution in [0.25, 0.3) is 0 Å². The standard InChI is InChI=1S/C6H10N.CH3.V/c1-2-6(3-1)4-7-5-6;;/h1,7H,2-5H2;1H3;/q2*-1;+2. The Morgan fingerprint density at radius 3 is 1.78 bits per heavy atom. The fourth-order valence-electron chi connectivity index (χ4n) is 1.32. The Morgan fingerprint density at radius 1 is 1.22 bits per heavy atom. The Labute approximate surface area is 69.5 Å². The first-order valence-corrected chi connectivity index (χ1v) is 2.94. The number of hydrogen-bond acceptors (Lipinski definition) is 1.